The number of nitrogens with one attached hydrogen (secondary N) is 1. The average molecular weight is 239 g/mol. The second-order valence-corrected chi connectivity index (χ2v) is 4.35. The summed E-state index contributed by atoms with van der Waals surface area (Å²) in [5.74, 6) is 0. The maximum absolute atomic E-state index is 10.8. The Labute approximate surface area is 104 Å². The molecule has 0 atom stereocenters. The minimum absolute atomic E-state index is 0.577. The Balaban J connectivity index is 2.34. The predicted molar refractivity (Wildman–Crippen MR) is 69.8 cm³/mol. The first kappa shape index (κ1) is 10.8. The number of hydrogen-bond acceptors (Lipinski definition) is 2. The summed E-state index contributed by atoms with van der Waals surface area (Å²) in [6, 6.07) is 9.70. The van der Waals surface area contributed by atoms with Gasteiger partial charge in [0.2, 0.25) is 0 Å². The number of pyridine rings is 1. The van der Waals surface area contributed by atoms with Crippen molar-refractivity contribution < 1.29 is 4.79 Å². The molecule has 4 nitrogen and oxygen atoms in total. The lowest BCUT2D eigenvalue weighted by molar-refractivity contribution is 0.111. The van der Waals surface area contributed by atoms with E-state index in [1.807, 2.05) is 38.1 Å². The van der Waals surface area contributed by atoms with Crippen LogP contribution >= 0.6 is 0 Å². The fourth-order valence-corrected chi connectivity index (χ4v) is 2.30. The summed E-state index contributed by atoms with van der Waals surface area (Å²) in [6.07, 6.45) is 0.814. The van der Waals surface area contributed by atoms with Gasteiger partial charge in [0.1, 0.15) is 5.65 Å². The van der Waals surface area contributed by atoms with E-state index in [-0.39, 0.29) is 0 Å². The highest BCUT2D eigenvalue weighted by Crippen LogP contribution is 2.25. The summed E-state index contributed by atoms with van der Waals surface area (Å²) in [4.78, 5) is 18.4. The minimum Gasteiger partial charge on any atom is -0.351 e. The summed E-state index contributed by atoms with van der Waals surface area (Å²) in [7, 11) is 0. The van der Waals surface area contributed by atoms with E-state index in [0.29, 0.717) is 5.69 Å². The van der Waals surface area contributed by atoms with Crippen molar-refractivity contribution in [1.29, 1.82) is 0 Å². The van der Waals surface area contributed by atoms with Gasteiger partial charge in [-0.2, -0.15) is 0 Å². The van der Waals surface area contributed by atoms with Crippen LogP contribution in [-0.2, 0) is 0 Å². The van der Waals surface area contributed by atoms with Gasteiger partial charge < -0.3 is 4.98 Å². The second-order valence-electron chi connectivity index (χ2n) is 4.35. The monoisotopic (exact) mass is 239 g/mol. The molecule has 0 saturated carbocycles. The number of carbonyl (C=O) groups excluding carboxylic acids is 1. The molecule has 0 unspecified atom stereocenters. The first-order chi connectivity index (χ1) is 8.70. The van der Waals surface area contributed by atoms with Gasteiger partial charge in [-0.3, -0.25) is 9.20 Å². The molecule has 0 fully saturated rings. The van der Waals surface area contributed by atoms with Crippen molar-refractivity contribution in [2.75, 3.05) is 0 Å². The number of aromatic nitrogens is 3. The summed E-state index contributed by atoms with van der Waals surface area (Å²) < 4.78 is 2.09. The molecule has 0 aliphatic carbocycles. The number of imidazole rings is 1. The maximum atomic E-state index is 10.8. The third-order valence-corrected chi connectivity index (χ3v) is 3.10. The normalized spacial score (nSPS) is 11.0. The van der Waals surface area contributed by atoms with Crippen LogP contribution in [0, 0.1) is 13.8 Å². The molecule has 0 amide bonds. The number of H-pyrrole nitrogens is 1. The van der Waals surface area contributed by atoms with Gasteiger partial charge in [-0.15, -0.1) is 0 Å². The van der Waals surface area contributed by atoms with Crippen molar-refractivity contribution in [3.63, 3.8) is 0 Å². The molecule has 0 aliphatic rings. The van der Waals surface area contributed by atoms with E-state index in [1.54, 1.807) is 6.07 Å². The van der Waals surface area contributed by atoms with Crippen LogP contribution in [-0.4, -0.2) is 20.7 Å². The van der Waals surface area contributed by atoms with E-state index in [4.69, 9.17) is 0 Å². The summed E-state index contributed by atoms with van der Waals surface area (Å²) in [5.41, 5.74) is 5.49. The van der Waals surface area contributed by atoms with Gasteiger partial charge in [0.25, 0.3) is 0 Å². The highest BCUT2D eigenvalue weighted by molar-refractivity contribution is 5.75. The van der Waals surface area contributed by atoms with Crippen molar-refractivity contribution in [1.82, 2.24) is 14.4 Å². The van der Waals surface area contributed by atoms with Crippen LogP contribution in [0.5, 0.6) is 0 Å². The highest BCUT2D eigenvalue weighted by Gasteiger charge is 2.13. The lowest BCUT2D eigenvalue weighted by Gasteiger charge is -2.04. The Morgan fingerprint density at radius 3 is 2.78 bits per heavy atom. The van der Waals surface area contributed by atoms with E-state index < -0.39 is 0 Å². The fraction of sp³-hybridized carbons (Fsp3) is 0.143. The van der Waals surface area contributed by atoms with Gasteiger partial charge in [0, 0.05) is 5.69 Å². The zero-order valence-electron chi connectivity index (χ0n) is 10.3. The Hall–Kier alpha value is -2.36. The third kappa shape index (κ3) is 1.46. The van der Waals surface area contributed by atoms with Crippen LogP contribution in [0.2, 0.25) is 0 Å². The van der Waals surface area contributed by atoms with Crippen LogP contribution < -0.4 is 0 Å². The van der Waals surface area contributed by atoms with Crippen LogP contribution in [0.1, 0.15) is 21.9 Å². The van der Waals surface area contributed by atoms with Crippen molar-refractivity contribution in [2.45, 2.75) is 13.8 Å². The number of carbonyl (C=O) groups is 1. The Morgan fingerprint density at radius 2 is 2.06 bits per heavy atom. The number of rotatable bonds is 2. The molecule has 4 heteroatoms. The first-order valence-corrected chi connectivity index (χ1v) is 5.80. The van der Waals surface area contributed by atoms with Crippen molar-refractivity contribution in [2.24, 2.45) is 0 Å². The number of nitrogens with zero attached hydrogens (tertiary/aromatic N) is 2. The lowest BCUT2D eigenvalue weighted by Crippen LogP contribution is -1.94. The van der Waals surface area contributed by atoms with Crippen LogP contribution in [0.15, 0.2) is 30.3 Å². The zero-order chi connectivity index (χ0) is 12.7. The number of hydrogen-bond donors (Lipinski definition) is 1. The van der Waals surface area contributed by atoms with Gasteiger partial charge in [0.15, 0.2) is 6.29 Å². The van der Waals surface area contributed by atoms with Crippen molar-refractivity contribution in [3.05, 3.63) is 47.4 Å². The molecule has 0 aromatic carbocycles. The molecule has 0 spiro atoms. The SMILES string of the molecule is Cc1nc2cccc(C)n2c1-c1ccc(C=O)[nH]1. The summed E-state index contributed by atoms with van der Waals surface area (Å²) in [5, 5.41) is 0. The maximum Gasteiger partial charge on any atom is 0.166 e. The molecule has 0 radical (unpaired) electrons. The minimum atomic E-state index is 0.577. The Kier molecular flexibility index (Phi) is 2.30. The van der Waals surface area contributed by atoms with Crippen LogP contribution in [0.25, 0.3) is 17.0 Å². The molecule has 3 aromatic rings. The van der Waals surface area contributed by atoms with Gasteiger partial charge in [0.05, 0.1) is 22.8 Å². The molecule has 0 bridgehead atoms. The van der Waals surface area contributed by atoms with Crippen molar-refractivity contribution in [3.8, 4) is 11.4 Å². The van der Waals surface area contributed by atoms with Gasteiger partial charge >= 0.3 is 0 Å². The van der Waals surface area contributed by atoms with Gasteiger partial charge in [-0.05, 0) is 38.1 Å². The number of fused-ring (bicyclic) bond motifs is 1. The first-order valence-electron chi connectivity index (χ1n) is 5.80. The Bertz CT molecular complexity index is 737. The number of aldehydes is 1. The van der Waals surface area contributed by atoms with Crippen molar-refractivity contribution >= 4 is 11.9 Å². The lowest BCUT2D eigenvalue weighted by atomic mass is 10.2. The van der Waals surface area contributed by atoms with Gasteiger partial charge in [-0.25, -0.2) is 4.98 Å². The third-order valence-electron chi connectivity index (χ3n) is 3.10. The summed E-state index contributed by atoms with van der Waals surface area (Å²) in [6.45, 7) is 4.02. The van der Waals surface area contributed by atoms with E-state index in [0.717, 1.165) is 34.7 Å². The molecule has 1 N–H and O–H groups in total. The molecule has 3 aromatic heterocycles. The topological polar surface area (TPSA) is 50.2 Å². The van der Waals surface area contributed by atoms with E-state index in [9.17, 15) is 4.79 Å². The molecular formula is C14H13N3O. The van der Waals surface area contributed by atoms with E-state index in [1.165, 1.54) is 0 Å². The quantitative estimate of drug-likeness (QED) is 0.699. The highest BCUT2D eigenvalue weighted by atomic mass is 16.1. The smallest absolute Gasteiger partial charge is 0.166 e. The van der Waals surface area contributed by atoms with Gasteiger partial charge in [-0.1, -0.05) is 6.07 Å². The fourth-order valence-electron chi connectivity index (χ4n) is 2.30. The largest absolute Gasteiger partial charge is 0.351 e. The second kappa shape index (κ2) is 3.84. The van der Waals surface area contributed by atoms with Crippen LogP contribution in [0.3, 0.4) is 0 Å². The van der Waals surface area contributed by atoms with Crippen LogP contribution in [0.4, 0.5) is 0 Å². The molecule has 18 heavy (non-hydrogen) atoms. The number of aromatic amines is 1. The Morgan fingerprint density at radius 1 is 1.22 bits per heavy atom. The van der Waals surface area contributed by atoms with E-state index in [2.05, 4.69) is 14.4 Å². The molecule has 3 rings (SSSR count). The summed E-state index contributed by atoms with van der Waals surface area (Å²) >= 11 is 0. The number of aryl methyl sites for hydroxylation is 2. The molecule has 0 saturated heterocycles. The average Bonchev–Trinajstić information content (AvgIpc) is 2.92. The molecule has 3 heterocycles. The molecule has 90 valence electrons. The predicted octanol–water partition coefficient (Wildman–Crippen LogP) is 2.76. The zero-order valence-corrected chi connectivity index (χ0v) is 10.3. The standard InChI is InChI=1S/C14H13N3O/c1-9-4-3-5-13-15-10(2)14(17(9)13)12-7-6-11(8-18)16-12/h3-8,16H,1-2H3. The molecular weight excluding hydrogens is 226 g/mol. The van der Waals surface area contributed by atoms with E-state index >= 15 is 0 Å². The molecule has 0 aliphatic heterocycles.